The van der Waals surface area contributed by atoms with Crippen LogP contribution in [0.15, 0.2) is 40.9 Å². The van der Waals surface area contributed by atoms with E-state index in [1.54, 1.807) is 25.3 Å². The van der Waals surface area contributed by atoms with Gasteiger partial charge in [-0.05, 0) is 46.2 Å². The first-order valence-electron chi connectivity index (χ1n) is 6.59. The number of benzene rings is 2. The molecule has 0 spiro atoms. The smallest absolute Gasteiger partial charge is 0.142 e. The minimum atomic E-state index is -0.314. The Balaban J connectivity index is 2.51. The largest absolute Gasteiger partial charge is 0.497 e. The monoisotopic (exact) mass is 371 g/mol. The van der Waals surface area contributed by atoms with Crippen LogP contribution in [0.2, 0.25) is 5.02 Å². The Morgan fingerprint density at radius 2 is 2.05 bits per heavy atom. The minimum Gasteiger partial charge on any atom is -0.497 e. The molecule has 2 rings (SSSR count). The Morgan fingerprint density at radius 1 is 1.29 bits per heavy atom. The molecule has 0 saturated carbocycles. The lowest BCUT2D eigenvalue weighted by Crippen LogP contribution is -2.23. The van der Waals surface area contributed by atoms with Gasteiger partial charge >= 0.3 is 0 Å². The molecule has 0 aliphatic carbocycles. The van der Waals surface area contributed by atoms with Crippen molar-refractivity contribution in [3.8, 4) is 5.75 Å². The molecule has 0 aromatic heterocycles. The number of hydrogen-bond donors (Lipinski definition) is 1. The van der Waals surface area contributed by atoms with Crippen molar-refractivity contribution in [1.82, 2.24) is 5.32 Å². The van der Waals surface area contributed by atoms with Crippen molar-refractivity contribution in [2.45, 2.75) is 13.0 Å². The Kier molecular flexibility index (Phi) is 5.62. The highest BCUT2D eigenvalue weighted by Crippen LogP contribution is 2.33. The summed E-state index contributed by atoms with van der Waals surface area (Å²) < 4.78 is 20.0. The molecule has 0 aliphatic heterocycles. The molecule has 2 nitrogen and oxygen atoms in total. The molecule has 112 valence electrons. The lowest BCUT2D eigenvalue weighted by Gasteiger charge is -2.21. The van der Waals surface area contributed by atoms with Gasteiger partial charge in [0.25, 0.3) is 0 Å². The van der Waals surface area contributed by atoms with Gasteiger partial charge in [0.2, 0.25) is 0 Å². The van der Waals surface area contributed by atoms with Gasteiger partial charge in [-0.2, -0.15) is 0 Å². The van der Waals surface area contributed by atoms with Crippen LogP contribution < -0.4 is 10.1 Å². The van der Waals surface area contributed by atoms with Crippen LogP contribution >= 0.6 is 27.5 Å². The molecule has 0 amide bonds. The van der Waals surface area contributed by atoms with Gasteiger partial charge in [-0.25, -0.2) is 4.39 Å². The van der Waals surface area contributed by atoms with E-state index in [9.17, 15) is 4.39 Å². The SMILES string of the molecule is CCNC(c1ccc(OC)cc1Cl)c1cccc(Br)c1F. The molecule has 0 bridgehead atoms. The Labute approximate surface area is 137 Å². The first-order chi connectivity index (χ1) is 10.1. The van der Waals surface area contributed by atoms with Gasteiger partial charge in [-0.3, -0.25) is 0 Å². The molecule has 2 aromatic rings. The van der Waals surface area contributed by atoms with E-state index in [0.29, 0.717) is 27.4 Å². The lowest BCUT2D eigenvalue weighted by molar-refractivity contribution is 0.414. The molecular weight excluding hydrogens is 357 g/mol. The molecule has 1 atom stereocenters. The minimum absolute atomic E-state index is 0.282. The van der Waals surface area contributed by atoms with Crippen LogP contribution in [0.4, 0.5) is 4.39 Å². The number of halogens is 3. The highest BCUT2D eigenvalue weighted by atomic mass is 79.9. The van der Waals surface area contributed by atoms with Crippen LogP contribution in [0.3, 0.4) is 0 Å². The third kappa shape index (κ3) is 3.57. The van der Waals surface area contributed by atoms with Crippen molar-refractivity contribution < 1.29 is 9.13 Å². The topological polar surface area (TPSA) is 21.3 Å². The van der Waals surface area contributed by atoms with E-state index in [2.05, 4.69) is 21.2 Å². The molecule has 2 aromatic carbocycles. The van der Waals surface area contributed by atoms with E-state index in [1.165, 1.54) is 0 Å². The van der Waals surface area contributed by atoms with Crippen LogP contribution in [0.25, 0.3) is 0 Å². The lowest BCUT2D eigenvalue weighted by atomic mass is 9.98. The maximum Gasteiger partial charge on any atom is 0.142 e. The second kappa shape index (κ2) is 7.25. The molecule has 1 unspecified atom stereocenters. The fourth-order valence-electron chi connectivity index (χ4n) is 2.20. The molecule has 0 fully saturated rings. The zero-order valence-corrected chi connectivity index (χ0v) is 14.1. The average Bonchev–Trinajstić information content (AvgIpc) is 2.48. The summed E-state index contributed by atoms with van der Waals surface area (Å²) in [6.07, 6.45) is 0. The maximum absolute atomic E-state index is 14.4. The summed E-state index contributed by atoms with van der Waals surface area (Å²) in [7, 11) is 1.58. The summed E-state index contributed by atoms with van der Waals surface area (Å²) in [5.41, 5.74) is 1.37. The standard InChI is InChI=1S/C16H16BrClFNO/c1-3-20-16(12-5-4-6-13(17)15(12)19)11-8-7-10(21-2)9-14(11)18/h4-9,16,20H,3H2,1-2H3. The van der Waals surface area contributed by atoms with Crippen molar-refractivity contribution in [3.05, 3.63) is 62.8 Å². The van der Waals surface area contributed by atoms with E-state index >= 15 is 0 Å². The highest BCUT2D eigenvalue weighted by Gasteiger charge is 2.21. The van der Waals surface area contributed by atoms with Crippen LogP contribution in [0.1, 0.15) is 24.1 Å². The first-order valence-corrected chi connectivity index (χ1v) is 7.76. The van der Waals surface area contributed by atoms with Gasteiger partial charge < -0.3 is 10.1 Å². The first kappa shape index (κ1) is 16.3. The van der Waals surface area contributed by atoms with Crippen LogP contribution in [0.5, 0.6) is 5.75 Å². The molecule has 5 heteroatoms. The predicted molar refractivity (Wildman–Crippen MR) is 87.6 cm³/mol. The second-order valence-corrected chi connectivity index (χ2v) is 5.78. The number of rotatable bonds is 5. The van der Waals surface area contributed by atoms with Gasteiger partial charge in [0.15, 0.2) is 0 Å². The third-order valence-corrected chi connectivity index (χ3v) is 4.16. The summed E-state index contributed by atoms with van der Waals surface area (Å²) >= 11 is 9.55. The van der Waals surface area contributed by atoms with Gasteiger partial charge in [-0.15, -0.1) is 0 Å². The zero-order chi connectivity index (χ0) is 15.4. The molecule has 0 saturated heterocycles. The number of ether oxygens (including phenoxy) is 1. The van der Waals surface area contributed by atoms with Gasteiger partial charge in [0.05, 0.1) is 17.6 Å². The van der Waals surface area contributed by atoms with Crippen molar-refractivity contribution in [2.24, 2.45) is 0 Å². The zero-order valence-electron chi connectivity index (χ0n) is 11.8. The molecule has 1 N–H and O–H groups in total. The van der Waals surface area contributed by atoms with Crippen molar-refractivity contribution >= 4 is 27.5 Å². The van der Waals surface area contributed by atoms with Crippen molar-refractivity contribution in [1.29, 1.82) is 0 Å². The van der Waals surface area contributed by atoms with E-state index in [4.69, 9.17) is 16.3 Å². The fraction of sp³-hybridized carbons (Fsp3) is 0.250. The molecule has 0 aliphatic rings. The van der Waals surface area contributed by atoms with Gasteiger partial charge in [0, 0.05) is 10.6 Å². The molecule has 0 heterocycles. The molecule has 0 radical (unpaired) electrons. The van der Waals surface area contributed by atoms with E-state index in [-0.39, 0.29) is 11.9 Å². The number of nitrogens with one attached hydrogen (secondary N) is 1. The third-order valence-electron chi connectivity index (χ3n) is 3.22. The van der Waals surface area contributed by atoms with Gasteiger partial charge in [-0.1, -0.05) is 36.7 Å². The average molecular weight is 373 g/mol. The van der Waals surface area contributed by atoms with E-state index in [0.717, 1.165) is 5.56 Å². The van der Waals surface area contributed by atoms with Crippen molar-refractivity contribution in [2.75, 3.05) is 13.7 Å². The summed E-state index contributed by atoms with van der Waals surface area (Å²) in [5, 5.41) is 3.82. The summed E-state index contributed by atoms with van der Waals surface area (Å²) in [6, 6.07) is 10.3. The van der Waals surface area contributed by atoms with E-state index in [1.807, 2.05) is 25.1 Å². The Bertz CT molecular complexity index is 636. The maximum atomic E-state index is 14.4. The van der Waals surface area contributed by atoms with Crippen molar-refractivity contribution in [3.63, 3.8) is 0 Å². The number of methoxy groups -OCH3 is 1. The van der Waals surface area contributed by atoms with Crippen LogP contribution in [-0.2, 0) is 0 Å². The summed E-state index contributed by atoms with van der Waals surface area (Å²) in [6.45, 7) is 2.67. The molecular formula is C16H16BrClFNO. The van der Waals surface area contributed by atoms with E-state index < -0.39 is 0 Å². The number of hydrogen-bond acceptors (Lipinski definition) is 2. The Morgan fingerprint density at radius 3 is 2.67 bits per heavy atom. The highest BCUT2D eigenvalue weighted by molar-refractivity contribution is 9.10. The summed E-state index contributed by atoms with van der Waals surface area (Å²) in [4.78, 5) is 0. The normalized spacial score (nSPS) is 12.2. The van der Waals surface area contributed by atoms with Gasteiger partial charge in [0.1, 0.15) is 11.6 Å². The van der Waals surface area contributed by atoms with Crippen LogP contribution in [-0.4, -0.2) is 13.7 Å². The predicted octanol–water partition coefficient (Wildman–Crippen LogP) is 4.95. The quantitative estimate of drug-likeness (QED) is 0.802. The second-order valence-electron chi connectivity index (χ2n) is 4.52. The van der Waals surface area contributed by atoms with Crippen LogP contribution in [0, 0.1) is 5.82 Å². The fourth-order valence-corrected chi connectivity index (χ4v) is 2.87. The molecule has 21 heavy (non-hydrogen) atoms. The summed E-state index contributed by atoms with van der Waals surface area (Å²) in [5.74, 6) is 0.393. The Hall–Kier alpha value is -1.10.